The van der Waals surface area contributed by atoms with Crippen molar-refractivity contribution in [3.05, 3.63) is 54.1 Å². The average molecular weight is 767 g/mol. The maximum absolute atomic E-state index is 13.9. The molecule has 2 heterocycles. The molecule has 0 spiro atoms. The zero-order valence-corrected chi connectivity index (χ0v) is 32.9. The Morgan fingerprint density at radius 3 is 2.11 bits per heavy atom. The Balaban J connectivity index is 1.71. The fraction of sp³-hybridized carbons (Fsp3) is 0.625. The summed E-state index contributed by atoms with van der Waals surface area (Å²) in [6.45, 7) is 7.18. The summed E-state index contributed by atoms with van der Waals surface area (Å²) >= 11 is 0. The number of carbonyl (C=O) groups excluding carboxylic acids is 6. The van der Waals surface area contributed by atoms with Crippen LogP contribution in [0.5, 0.6) is 0 Å². The minimum absolute atomic E-state index is 0.00121. The summed E-state index contributed by atoms with van der Waals surface area (Å²) in [4.78, 5) is 83.9. The van der Waals surface area contributed by atoms with E-state index in [1.807, 2.05) is 24.5 Å². The molecule has 15 heteroatoms. The van der Waals surface area contributed by atoms with Crippen molar-refractivity contribution >= 4 is 35.4 Å². The first-order valence-corrected chi connectivity index (χ1v) is 19.8. The van der Waals surface area contributed by atoms with Crippen molar-refractivity contribution < 1.29 is 33.9 Å². The second kappa shape index (κ2) is 23.2. The Labute approximate surface area is 324 Å². The minimum Gasteiger partial charge on any atom is -0.394 e. The zero-order valence-electron chi connectivity index (χ0n) is 32.9. The van der Waals surface area contributed by atoms with Gasteiger partial charge in [-0.05, 0) is 56.4 Å². The average Bonchev–Trinajstić information content (AvgIpc) is 3.83. The van der Waals surface area contributed by atoms with Gasteiger partial charge in [-0.15, -0.1) is 0 Å². The highest BCUT2D eigenvalue weighted by molar-refractivity contribution is 5.96. The van der Waals surface area contributed by atoms with E-state index in [1.165, 1.54) is 17.4 Å². The van der Waals surface area contributed by atoms with Crippen LogP contribution in [0, 0.1) is 5.92 Å². The van der Waals surface area contributed by atoms with Gasteiger partial charge in [0.05, 0.1) is 12.9 Å². The molecule has 1 aliphatic rings. The third kappa shape index (κ3) is 14.8. The van der Waals surface area contributed by atoms with Gasteiger partial charge in [0.1, 0.15) is 30.2 Å². The van der Waals surface area contributed by atoms with E-state index in [0.717, 1.165) is 44.9 Å². The van der Waals surface area contributed by atoms with E-state index in [9.17, 15) is 33.9 Å². The molecule has 1 aromatic heterocycles. The first-order valence-electron chi connectivity index (χ1n) is 19.8. The topological polar surface area (TPSA) is 218 Å². The molecule has 0 radical (unpaired) electrons. The van der Waals surface area contributed by atoms with Crippen molar-refractivity contribution in [1.29, 1.82) is 0 Å². The number of carbonyl (C=O) groups is 6. The van der Waals surface area contributed by atoms with Crippen molar-refractivity contribution in [2.45, 2.75) is 141 Å². The predicted octanol–water partition coefficient (Wildman–Crippen LogP) is 1.89. The summed E-state index contributed by atoms with van der Waals surface area (Å²) < 4.78 is 1.93. The van der Waals surface area contributed by atoms with Gasteiger partial charge < -0.3 is 41.6 Å². The largest absolute Gasteiger partial charge is 0.394 e. The fourth-order valence-electron chi connectivity index (χ4n) is 6.87. The number of amides is 6. The molecule has 0 aliphatic carbocycles. The predicted molar refractivity (Wildman–Crippen MR) is 208 cm³/mol. The first-order chi connectivity index (χ1) is 26.3. The van der Waals surface area contributed by atoms with Crippen LogP contribution in [0.3, 0.4) is 0 Å². The van der Waals surface area contributed by atoms with Crippen molar-refractivity contribution in [3.63, 3.8) is 0 Å². The molecule has 3 rings (SSSR count). The number of rotatable bonds is 24. The molecule has 2 aromatic rings. The molecule has 6 amide bonds. The molecule has 304 valence electrons. The smallest absolute Gasteiger partial charge is 0.245 e. The Morgan fingerprint density at radius 1 is 0.855 bits per heavy atom. The SMILES string of the molecule is CC[C@H](NC(=O)[C@H](CO)NC(=O)[C@H](Cc1cncn1CCCCCCCCc1ccccc1)NC(=O)[C@H](CC(C)C)NC(=O)[C@@H]1CCCN1C(C)=O)C(N)=O. The van der Waals surface area contributed by atoms with Crippen LogP contribution < -0.4 is 27.0 Å². The van der Waals surface area contributed by atoms with Gasteiger partial charge in [-0.25, -0.2) is 4.98 Å². The monoisotopic (exact) mass is 766 g/mol. The van der Waals surface area contributed by atoms with E-state index in [-0.39, 0.29) is 31.1 Å². The van der Waals surface area contributed by atoms with Crippen molar-refractivity contribution in [2.75, 3.05) is 13.2 Å². The summed E-state index contributed by atoms with van der Waals surface area (Å²) in [5, 5.41) is 20.6. The van der Waals surface area contributed by atoms with Crippen molar-refractivity contribution in [2.24, 2.45) is 11.7 Å². The third-order valence-corrected chi connectivity index (χ3v) is 9.99. The number of aryl methyl sites for hydroxylation is 2. The lowest BCUT2D eigenvalue weighted by atomic mass is 10.0. The lowest BCUT2D eigenvalue weighted by molar-refractivity contribution is -0.138. The van der Waals surface area contributed by atoms with Gasteiger partial charge in [0.25, 0.3) is 0 Å². The van der Waals surface area contributed by atoms with Crippen LogP contribution in [-0.2, 0) is 48.2 Å². The van der Waals surface area contributed by atoms with Gasteiger partial charge in [0.2, 0.25) is 35.4 Å². The van der Waals surface area contributed by atoms with E-state index < -0.39 is 66.4 Å². The number of aliphatic hydroxyl groups excluding tert-OH is 1. The minimum atomic E-state index is -1.44. The van der Waals surface area contributed by atoms with Gasteiger partial charge >= 0.3 is 0 Å². The molecule has 7 N–H and O–H groups in total. The molecule has 1 aliphatic heterocycles. The lowest BCUT2D eigenvalue weighted by Crippen LogP contribution is -2.60. The Kier molecular flexibility index (Phi) is 18.8. The van der Waals surface area contributed by atoms with Crippen LogP contribution in [0.25, 0.3) is 0 Å². The van der Waals surface area contributed by atoms with Crippen molar-refractivity contribution in [1.82, 2.24) is 35.7 Å². The second-order valence-corrected chi connectivity index (χ2v) is 14.9. The Bertz CT molecular complexity index is 1550. The number of nitrogens with two attached hydrogens (primary N) is 1. The van der Waals surface area contributed by atoms with E-state index in [1.54, 1.807) is 19.4 Å². The highest BCUT2D eigenvalue weighted by Crippen LogP contribution is 2.19. The number of aliphatic hydroxyl groups is 1. The van der Waals surface area contributed by atoms with Crippen molar-refractivity contribution in [3.8, 4) is 0 Å². The number of likely N-dealkylation sites (tertiary alicyclic amines) is 1. The van der Waals surface area contributed by atoms with Crippen LogP contribution in [0.15, 0.2) is 42.9 Å². The summed E-state index contributed by atoms with van der Waals surface area (Å²) in [5.41, 5.74) is 7.39. The summed E-state index contributed by atoms with van der Waals surface area (Å²) in [6, 6.07) is 5.07. The van der Waals surface area contributed by atoms with Gasteiger partial charge in [0, 0.05) is 38.3 Å². The number of primary amides is 1. The fourth-order valence-corrected chi connectivity index (χ4v) is 6.87. The molecule has 0 bridgehead atoms. The number of benzene rings is 1. The van der Waals surface area contributed by atoms with E-state index in [2.05, 4.69) is 50.5 Å². The molecule has 1 aromatic carbocycles. The molecule has 55 heavy (non-hydrogen) atoms. The number of aromatic nitrogens is 2. The van der Waals surface area contributed by atoms with Crippen LogP contribution in [0.1, 0.15) is 103 Å². The number of nitrogens with zero attached hydrogens (tertiary/aromatic N) is 3. The highest BCUT2D eigenvalue weighted by Gasteiger charge is 2.36. The van der Waals surface area contributed by atoms with Gasteiger partial charge in [-0.2, -0.15) is 0 Å². The zero-order chi connectivity index (χ0) is 40.3. The normalized spacial score (nSPS) is 16.2. The molecule has 5 atom stereocenters. The number of unbranched alkanes of at least 4 members (excludes halogenated alkanes) is 5. The molecule has 15 nitrogen and oxygen atoms in total. The van der Waals surface area contributed by atoms with E-state index >= 15 is 0 Å². The third-order valence-electron chi connectivity index (χ3n) is 9.99. The van der Waals surface area contributed by atoms with Crippen LogP contribution in [-0.4, -0.2) is 98.4 Å². The quantitative estimate of drug-likeness (QED) is 0.0866. The summed E-state index contributed by atoms with van der Waals surface area (Å²) in [6.07, 6.45) is 12.4. The number of hydrogen-bond acceptors (Lipinski definition) is 8. The molecule has 1 fully saturated rings. The number of nitrogens with one attached hydrogen (secondary N) is 4. The molecule has 1 saturated heterocycles. The van der Waals surface area contributed by atoms with E-state index in [4.69, 9.17) is 5.73 Å². The number of hydrogen-bond donors (Lipinski definition) is 6. The Hall–Kier alpha value is -4.79. The highest BCUT2D eigenvalue weighted by atomic mass is 16.3. The van der Waals surface area contributed by atoms with Gasteiger partial charge in [-0.1, -0.05) is 76.8 Å². The summed E-state index contributed by atoms with van der Waals surface area (Å²) in [7, 11) is 0. The Morgan fingerprint density at radius 2 is 1.47 bits per heavy atom. The second-order valence-electron chi connectivity index (χ2n) is 14.9. The van der Waals surface area contributed by atoms with Crippen LogP contribution in [0.4, 0.5) is 0 Å². The van der Waals surface area contributed by atoms with Gasteiger partial charge in [0.15, 0.2) is 0 Å². The molecular formula is C40H62N8O7. The molecule has 0 saturated carbocycles. The molecular weight excluding hydrogens is 704 g/mol. The maximum atomic E-state index is 13.9. The van der Waals surface area contributed by atoms with Gasteiger partial charge in [-0.3, -0.25) is 28.8 Å². The standard InChI is InChI=1S/C40H62N8O7/c1-5-31(36(41)51)43-39(54)34(25-49)46-38(53)33(44-37(52)32(22-27(2)3)45-40(55)35-19-15-21-48(35)28(4)50)23-30-24-42-26-47(30)20-14-9-7-6-8-11-16-29-17-12-10-13-18-29/h10,12-13,17-18,24,26-27,31-35,49H,5-9,11,14-16,19-23,25H2,1-4H3,(H2,41,51)(H,43,54)(H,44,52)(H,45,55)(H,46,53)/t31-,32-,33-,34-,35-/m0/s1. The summed E-state index contributed by atoms with van der Waals surface area (Å²) in [5.74, 6) is -3.63. The molecule has 0 unspecified atom stereocenters. The lowest BCUT2D eigenvalue weighted by Gasteiger charge is -2.28. The van der Waals surface area contributed by atoms with E-state index in [0.29, 0.717) is 31.6 Å². The van der Waals surface area contributed by atoms with Crippen LogP contribution in [0.2, 0.25) is 0 Å². The number of imidazole rings is 1. The maximum Gasteiger partial charge on any atom is 0.245 e. The first kappa shape index (κ1) is 44.6. The van der Waals surface area contributed by atoms with Crippen LogP contribution >= 0.6 is 0 Å².